The maximum atomic E-state index is 13.9. The number of anilines is 1. The first-order valence-corrected chi connectivity index (χ1v) is 8.53. The third-order valence-electron chi connectivity index (χ3n) is 4.85. The van der Waals surface area contributed by atoms with Crippen LogP contribution in [0.1, 0.15) is 11.5 Å². The van der Waals surface area contributed by atoms with E-state index >= 15 is 0 Å². The smallest absolute Gasteiger partial charge is 0.431 e. The normalized spacial score (nSPS) is 24.3. The Labute approximate surface area is 159 Å². The van der Waals surface area contributed by atoms with Gasteiger partial charge in [0.15, 0.2) is 5.71 Å². The maximum absolute atomic E-state index is 13.9. The van der Waals surface area contributed by atoms with Gasteiger partial charge in [-0.25, -0.2) is 5.01 Å². The molecule has 0 bridgehead atoms. The van der Waals surface area contributed by atoms with E-state index in [1.54, 1.807) is 60.7 Å². The van der Waals surface area contributed by atoms with E-state index in [-0.39, 0.29) is 11.5 Å². The molecule has 4 rings (SSSR count). The molecule has 142 valence electrons. The van der Waals surface area contributed by atoms with Crippen LogP contribution >= 0.6 is 0 Å². The Morgan fingerprint density at radius 2 is 1.64 bits per heavy atom. The number of halogens is 3. The average Bonchev–Trinajstić information content (AvgIpc) is 3.07. The van der Waals surface area contributed by atoms with Crippen molar-refractivity contribution in [2.75, 3.05) is 5.01 Å². The number of hydrogen-bond acceptors (Lipinski definition) is 5. The van der Waals surface area contributed by atoms with Crippen LogP contribution in [0.15, 0.2) is 77.2 Å². The molecule has 8 heteroatoms. The van der Waals surface area contributed by atoms with Gasteiger partial charge in [-0.3, -0.25) is 0 Å². The van der Waals surface area contributed by atoms with Gasteiger partial charge in [0.2, 0.25) is 12.1 Å². The number of hydrogen-bond donors (Lipinski definition) is 1. The minimum Gasteiger partial charge on any atom is -0.452 e. The Morgan fingerprint density at radius 3 is 2.21 bits per heavy atom. The largest absolute Gasteiger partial charge is 0.452 e. The highest BCUT2D eigenvalue weighted by Crippen LogP contribution is 2.48. The summed E-state index contributed by atoms with van der Waals surface area (Å²) in [6.45, 7) is 0. The summed E-state index contributed by atoms with van der Waals surface area (Å²) in [6, 6.07) is 18.9. The van der Waals surface area contributed by atoms with E-state index in [0.29, 0.717) is 11.3 Å². The van der Waals surface area contributed by atoms with E-state index < -0.39 is 30.0 Å². The molecule has 5 nitrogen and oxygen atoms in total. The van der Waals surface area contributed by atoms with Crippen molar-refractivity contribution in [3.8, 4) is 6.07 Å². The van der Waals surface area contributed by atoms with Crippen LogP contribution in [0, 0.1) is 17.2 Å². The first kappa shape index (κ1) is 17.9. The van der Waals surface area contributed by atoms with Crippen LogP contribution in [0.25, 0.3) is 0 Å². The van der Waals surface area contributed by atoms with E-state index in [9.17, 15) is 18.4 Å². The number of benzene rings is 2. The third-order valence-corrected chi connectivity index (χ3v) is 4.85. The molecule has 2 heterocycles. The molecule has 3 atom stereocenters. The summed E-state index contributed by atoms with van der Waals surface area (Å²) in [5.74, 6) is -2.33. The molecule has 0 unspecified atom stereocenters. The fourth-order valence-corrected chi connectivity index (χ4v) is 3.69. The lowest BCUT2D eigenvalue weighted by Gasteiger charge is -2.37. The van der Waals surface area contributed by atoms with Crippen LogP contribution in [0.3, 0.4) is 0 Å². The van der Waals surface area contributed by atoms with Gasteiger partial charge in [0.05, 0.1) is 17.2 Å². The second kappa shape index (κ2) is 6.60. The van der Waals surface area contributed by atoms with E-state index in [2.05, 4.69) is 5.10 Å². The van der Waals surface area contributed by atoms with E-state index in [4.69, 9.17) is 10.5 Å². The van der Waals surface area contributed by atoms with Crippen molar-refractivity contribution >= 4 is 11.4 Å². The number of hydrazone groups is 1. The highest BCUT2D eigenvalue weighted by Gasteiger charge is 2.57. The molecule has 0 aromatic heterocycles. The van der Waals surface area contributed by atoms with Crippen LogP contribution in [0.2, 0.25) is 0 Å². The van der Waals surface area contributed by atoms with Crippen LogP contribution in [-0.2, 0) is 4.74 Å². The predicted molar refractivity (Wildman–Crippen MR) is 96.8 cm³/mol. The lowest BCUT2D eigenvalue weighted by atomic mass is 9.76. The Hall–Kier alpha value is -3.47. The topological polar surface area (TPSA) is 74.6 Å². The van der Waals surface area contributed by atoms with E-state index in [1.165, 1.54) is 5.01 Å². The quantitative estimate of drug-likeness (QED) is 0.853. The molecule has 0 radical (unpaired) electrons. The third kappa shape index (κ3) is 2.85. The van der Waals surface area contributed by atoms with E-state index in [1.807, 2.05) is 6.07 Å². The number of para-hydroxylation sites is 1. The van der Waals surface area contributed by atoms with Crippen LogP contribution < -0.4 is 10.7 Å². The summed E-state index contributed by atoms with van der Waals surface area (Å²) in [4.78, 5) is 0. The molecule has 0 spiro atoms. The molecule has 0 aliphatic carbocycles. The SMILES string of the molecule is N#CC1=C(N)O[C@@H]2[C@@H](C(C(F)(F)F)=NN2c2ccccc2)[C@@H]1c1ccccc1. The Kier molecular flexibility index (Phi) is 4.23. The van der Waals surface area contributed by atoms with E-state index in [0.717, 1.165) is 0 Å². The van der Waals surface area contributed by atoms with Gasteiger partial charge < -0.3 is 10.5 Å². The lowest BCUT2D eigenvalue weighted by Crippen LogP contribution is -2.46. The molecule has 2 N–H and O–H groups in total. The molecule has 0 saturated heterocycles. The lowest BCUT2D eigenvalue weighted by molar-refractivity contribution is -0.0658. The first-order valence-electron chi connectivity index (χ1n) is 8.53. The fraction of sp³-hybridized carbons (Fsp3) is 0.200. The average molecular weight is 384 g/mol. The summed E-state index contributed by atoms with van der Waals surface area (Å²) in [7, 11) is 0. The second-order valence-corrected chi connectivity index (χ2v) is 6.48. The number of nitriles is 1. The monoisotopic (exact) mass is 384 g/mol. The van der Waals surface area contributed by atoms with Crippen molar-refractivity contribution in [1.29, 1.82) is 5.26 Å². The van der Waals surface area contributed by atoms with Crippen molar-refractivity contribution in [3.63, 3.8) is 0 Å². The molecule has 28 heavy (non-hydrogen) atoms. The van der Waals surface area contributed by atoms with Crippen molar-refractivity contribution in [2.45, 2.75) is 18.3 Å². The van der Waals surface area contributed by atoms with Gasteiger partial charge in [-0.05, 0) is 17.7 Å². The molecule has 2 aromatic rings. The van der Waals surface area contributed by atoms with Crippen LogP contribution in [0.5, 0.6) is 0 Å². The number of rotatable bonds is 2. The van der Waals surface area contributed by atoms with Crippen molar-refractivity contribution in [1.82, 2.24) is 0 Å². The van der Waals surface area contributed by atoms with Gasteiger partial charge in [-0.2, -0.15) is 23.5 Å². The number of nitrogens with zero attached hydrogens (tertiary/aromatic N) is 3. The Bertz CT molecular complexity index is 980. The maximum Gasteiger partial charge on any atom is 0.431 e. The van der Waals surface area contributed by atoms with Crippen LogP contribution in [-0.4, -0.2) is 18.1 Å². The molecule has 2 aliphatic rings. The zero-order valence-electron chi connectivity index (χ0n) is 14.5. The summed E-state index contributed by atoms with van der Waals surface area (Å²) < 4.78 is 47.3. The number of fused-ring (bicyclic) bond motifs is 1. The summed E-state index contributed by atoms with van der Waals surface area (Å²) in [6.07, 6.45) is -5.79. The van der Waals surface area contributed by atoms with Gasteiger partial charge in [0, 0.05) is 5.92 Å². The van der Waals surface area contributed by atoms with Crippen molar-refractivity contribution < 1.29 is 17.9 Å². The number of alkyl halides is 3. The standard InChI is InChI=1S/C20H15F3N4O/c21-20(22,23)17-16-15(12-7-3-1-4-8-12)14(11-24)18(25)28-19(16)27(26-17)13-9-5-2-6-10-13/h1-10,15-16,19H,25H2/t15-,16-,19-/m1/s1. The Morgan fingerprint density at radius 1 is 1.04 bits per heavy atom. The molecule has 2 aromatic carbocycles. The summed E-state index contributed by atoms with van der Waals surface area (Å²) >= 11 is 0. The fourth-order valence-electron chi connectivity index (χ4n) is 3.69. The molecule has 0 amide bonds. The number of ether oxygens (including phenoxy) is 1. The molecule has 2 aliphatic heterocycles. The highest BCUT2D eigenvalue weighted by molar-refractivity contribution is 5.96. The van der Waals surface area contributed by atoms with Crippen molar-refractivity contribution in [2.24, 2.45) is 16.8 Å². The highest BCUT2D eigenvalue weighted by atomic mass is 19.4. The minimum atomic E-state index is -4.69. The Balaban J connectivity index is 1.90. The second-order valence-electron chi connectivity index (χ2n) is 6.48. The number of allylic oxidation sites excluding steroid dienone is 1. The molecular formula is C20H15F3N4O. The predicted octanol–water partition coefficient (Wildman–Crippen LogP) is 3.88. The summed E-state index contributed by atoms with van der Waals surface area (Å²) in [5, 5.41) is 14.6. The van der Waals surface area contributed by atoms with Gasteiger partial charge in [0.25, 0.3) is 0 Å². The molecule has 0 saturated carbocycles. The van der Waals surface area contributed by atoms with Gasteiger partial charge in [-0.1, -0.05) is 48.5 Å². The molecular weight excluding hydrogens is 369 g/mol. The van der Waals surface area contributed by atoms with Gasteiger partial charge in [-0.15, -0.1) is 0 Å². The molecule has 0 fully saturated rings. The van der Waals surface area contributed by atoms with Gasteiger partial charge >= 0.3 is 6.18 Å². The number of nitrogens with two attached hydrogens (primary N) is 1. The minimum absolute atomic E-state index is 0.0284. The van der Waals surface area contributed by atoms with Crippen molar-refractivity contribution in [3.05, 3.63) is 77.7 Å². The zero-order chi connectivity index (χ0) is 19.9. The summed E-state index contributed by atoms with van der Waals surface area (Å²) in [5.41, 5.74) is 5.92. The van der Waals surface area contributed by atoms with Gasteiger partial charge in [0.1, 0.15) is 6.07 Å². The first-order chi connectivity index (χ1) is 13.4. The zero-order valence-corrected chi connectivity index (χ0v) is 14.5. The van der Waals surface area contributed by atoms with Crippen LogP contribution in [0.4, 0.5) is 18.9 Å².